The van der Waals surface area contributed by atoms with Gasteiger partial charge in [-0.1, -0.05) is 55.9 Å². The number of methoxy groups -OCH3 is 1. The van der Waals surface area contributed by atoms with Crippen LogP contribution in [0, 0.1) is 0 Å². The van der Waals surface area contributed by atoms with Gasteiger partial charge in [-0.3, -0.25) is 0 Å². The van der Waals surface area contributed by atoms with E-state index in [1.807, 2.05) is 12.1 Å². The van der Waals surface area contributed by atoms with Crippen LogP contribution in [0.5, 0.6) is 5.75 Å². The molecule has 0 atom stereocenters. The van der Waals surface area contributed by atoms with Crippen molar-refractivity contribution < 1.29 is 9.64 Å². The highest BCUT2D eigenvalue weighted by atomic mass is 32.2. The molecular weight excluding hydrogens is 302 g/mol. The van der Waals surface area contributed by atoms with Crippen molar-refractivity contribution in [2.24, 2.45) is 0 Å². The molecule has 2 aromatic rings. The summed E-state index contributed by atoms with van der Waals surface area (Å²) in [5, 5.41) is 0. The van der Waals surface area contributed by atoms with Crippen LogP contribution in [0.15, 0.2) is 58.3 Å². The molecule has 0 saturated heterocycles. The van der Waals surface area contributed by atoms with Gasteiger partial charge in [-0.25, -0.2) is 0 Å². The quantitative estimate of drug-likeness (QED) is 0.745. The summed E-state index contributed by atoms with van der Waals surface area (Å²) in [7, 11) is 1.74. The van der Waals surface area contributed by atoms with Gasteiger partial charge >= 0.3 is 0 Å². The summed E-state index contributed by atoms with van der Waals surface area (Å²) in [6, 6.07) is 17.0. The third-order valence-electron chi connectivity index (χ3n) is 3.91. The molecule has 0 aromatic heterocycles. The molecule has 23 heavy (non-hydrogen) atoms. The van der Waals surface area contributed by atoms with Crippen molar-refractivity contribution in [3.63, 3.8) is 0 Å². The van der Waals surface area contributed by atoms with Crippen LogP contribution in [-0.4, -0.2) is 20.2 Å². The van der Waals surface area contributed by atoms with Gasteiger partial charge < -0.3 is 9.64 Å². The van der Waals surface area contributed by atoms with Crippen molar-refractivity contribution in [3.05, 3.63) is 54.1 Å². The van der Waals surface area contributed by atoms with E-state index in [1.54, 1.807) is 23.8 Å². The molecule has 0 radical (unpaired) electrons. The molecule has 3 heteroatoms. The van der Waals surface area contributed by atoms with Crippen LogP contribution in [0.1, 0.15) is 32.3 Å². The number of hydrogen-bond acceptors (Lipinski definition) is 2. The molecule has 0 bridgehead atoms. The van der Waals surface area contributed by atoms with Gasteiger partial charge in [0.05, 0.1) is 25.1 Å². The smallest absolute Gasteiger partial charge is 0.132 e. The minimum absolute atomic E-state index is 0.943. The Bertz CT molecular complexity index is 594. The first-order valence-corrected chi connectivity index (χ1v) is 9.32. The molecule has 2 aromatic carbocycles. The molecule has 2 nitrogen and oxygen atoms in total. The number of benzene rings is 2. The van der Waals surface area contributed by atoms with Crippen molar-refractivity contribution in [3.8, 4) is 5.75 Å². The lowest BCUT2D eigenvalue weighted by molar-refractivity contribution is -0.914. The maximum atomic E-state index is 5.49. The highest BCUT2D eigenvalue weighted by molar-refractivity contribution is 7.99. The van der Waals surface area contributed by atoms with Gasteiger partial charge in [0.25, 0.3) is 0 Å². The van der Waals surface area contributed by atoms with Gasteiger partial charge in [-0.2, -0.15) is 0 Å². The summed E-state index contributed by atoms with van der Waals surface area (Å²) in [4.78, 5) is 4.18. The van der Waals surface area contributed by atoms with E-state index in [9.17, 15) is 0 Å². The van der Waals surface area contributed by atoms with Gasteiger partial charge in [-0.05, 0) is 31.0 Å². The first-order chi connectivity index (χ1) is 11.3. The Kier molecular flexibility index (Phi) is 7.50. The highest BCUT2D eigenvalue weighted by Crippen LogP contribution is 2.36. The zero-order valence-electron chi connectivity index (χ0n) is 14.5. The average molecular weight is 331 g/mol. The zero-order chi connectivity index (χ0) is 16.5. The molecule has 124 valence electrons. The summed E-state index contributed by atoms with van der Waals surface area (Å²) in [5.74, 6) is 0.943. The Morgan fingerprint density at radius 3 is 2.13 bits per heavy atom. The Hall–Kier alpha value is -1.45. The number of rotatable bonds is 9. The number of hydrogen-bond donors (Lipinski definition) is 1. The predicted octanol–water partition coefficient (Wildman–Crippen LogP) is 4.05. The van der Waals surface area contributed by atoms with Gasteiger partial charge in [0, 0.05) is 10.5 Å². The lowest BCUT2D eigenvalue weighted by Gasteiger charge is -2.20. The molecule has 0 unspecified atom stereocenters. The van der Waals surface area contributed by atoms with Crippen LogP contribution in [0.3, 0.4) is 0 Å². The average Bonchev–Trinajstić information content (AvgIpc) is 2.57. The van der Waals surface area contributed by atoms with E-state index in [0.717, 1.165) is 12.3 Å². The summed E-state index contributed by atoms with van der Waals surface area (Å²) in [6.45, 7) is 8.11. The van der Waals surface area contributed by atoms with Gasteiger partial charge in [-0.15, -0.1) is 0 Å². The first kappa shape index (κ1) is 17.9. The minimum Gasteiger partial charge on any atom is -0.496 e. The Labute approximate surface area is 144 Å². The van der Waals surface area contributed by atoms with Crippen molar-refractivity contribution in [1.82, 2.24) is 0 Å². The Balaban J connectivity index is 2.19. The maximum absolute atomic E-state index is 5.49. The fraction of sp³-hybridized carbons (Fsp3) is 0.400. The zero-order valence-corrected chi connectivity index (χ0v) is 15.3. The molecule has 1 N–H and O–H groups in total. The minimum atomic E-state index is 0.943. The lowest BCUT2D eigenvalue weighted by atomic mass is 10.2. The van der Waals surface area contributed by atoms with E-state index < -0.39 is 0 Å². The fourth-order valence-electron chi connectivity index (χ4n) is 2.85. The topological polar surface area (TPSA) is 13.7 Å². The van der Waals surface area contributed by atoms with E-state index >= 15 is 0 Å². The molecule has 0 saturated carbocycles. The van der Waals surface area contributed by atoms with E-state index in [4.69, 9.17) is 4.74 Å². The number of quaternary nitrogens is 1. The molecule has 0 amide bonds. The molecule has 0 aliphatic carbocycles. The van der Waals surface area contributed by atoms with Crippen molar-refractivity contribution in [1.29, 1.82) is 0 Å². The fourth-order valence-corrected chi connectivity index (χ4v) is 3.90. The third-order valence-corrected chi connectivity index (χ3v) is 5.08. The van der Waals surface area contributed by atoms with Crippen molar-refractivity contribution in [2.45, 2.75) is 43.0 Å². The van der Waals surface area contributed by atoms with Gasteiger partial charge in [0.15, 0.2) is 0 Å². The Morgan fingerprint density at radius 1 is 0.870 bits per heavy atom. The normalized spacial score (nSPS) is 11.0. The molecule has 0 aliphatic heterocycles. The lowest BCUT2D eigenvalue weighted by Crippen LogP contribution is -3.10. The van der Waals surface area contributed by atoms with E-state index in [2.05, 4.69) is 50.2 Å². The second-order valence-electron chi connectivity index (χ2n) is 5.79. The van der Waals surface area contributed by atoms with Crippen molar-refractivity contribution in [2.75, 3.05) is 20.2 Å². The molecular formula is C20H28NOS+. The van der Waals surface area contributed by atoms with Crippen LogP contribution < -0.4 is 9.64 Å². The highest BCUT2D eigenvalue weighted by Gasteiger charge is 2.13. The van der Waals surface area contributed by atoms with Crippen LogP contribution in [0.4, 0.5) is 0 Å². The SMILES string of the molecule is CCC[NH+](CCC)Cc1ccccc1Sc1ccccc1OC. The van der Waals surface area contributed by atoms with Crippen molar-refractivity contribution >= 4 is 11.8 Å². The van der Waals surface area contributed by atoms with Crippen LogP contribution in [-0.2, 0) is 6.54 Å². The summed E-state index contributed by atoms with van der Waals surface area (Å²) >= 11 is 1.81. The molecule has 0 fully saturated rings. The molecule has 2 rings (SSSR count). The molecule has 0 aliphatic rings. The Morgan fingerprint density at radius 2 is 1.48 bits per heavy atom. The van der Waals surface area contributed by atoms with Gasteiger partial charge in [0.2, 0.25) is 0 Å². The van der Waals surface area contributed by atoms with Gasteiger partial charge in [0.1, 0.15) is 12.3 Å². The van der Waals surface area contributed by atoms with E-state index in [-0.39, 0.29) is 0 Å². The second-order valence-corrected chi connectivity index (χ2v) is 6.87. The monoisotopic (exact) mass is 330 g/mol. The summed E-state index contributed by atoms with van der Waals surface area (Å²) in [5.41, 5.74) is 1.43. The number of nitrogens with one attached hydrogen (secondary N) is 1. The summed E-state index contributed by atoms with van der Waals surface area (Å²) in [6.07, 6.45) is 2.47. The molecule has 0 heterocycles. The predicted molar refractivity (Wildman–Crippen MR) is 98.5 cm³/mol. The first-order valence-electron chi connectivity index (χ1n) is 8.50. The summed E-state index contributed by atoms with van der Waals surface area (Å²) < 4.78 is 5.49. The number of para-hydroxylation sites is 1. The largest absolute Gasteiger partial charge is 0.496 e. The van der Waals surface area contributed by atoms with E-state index in [1.165, 1.54) is 41.3 Å². The van der Waals surface area contributed by atoms with Crippen LogP contribution in [0.2, 0.25) is 0 Å². The standard InChI is InChI=1S/C20H27NOS/c1-4-14-21(15-5-2)16-17-10-6-8-12-19(17)23-20-13-9-7-11-18(20)22-3/h6-13H,4-5,14-16H2,1-3H3/p+1. The van der Waals surface area contributed by atoms with Crippen LogP contribution in [0.25, 0.3) is 0 Å². The maximum Gasteiger partial charge on any atom is 0.132 e. The number of ether oxygens (including phenoxy) is 1. The molecule has 0 spiro atoms. The van der Waals surface area contributed by atoms with E-state index in [0.29, 0.717) is 0 Å². The third kappa shape index (κ3) is 5.29. The van der Waals surface area contributed by atoms with Crippen LogP contribution >= 0.6 is 11.8 Å². The second kappa shape index (κ2) is 9.64.